The predicted molar refractivity (Wildman–Crippen MR) is 55.9 cm³/mol. The molecule has 0 aromatic carbocycles. The summed E-state index contributed by atoms with van der Waals surface area (Å²) in [6.45, 7) is 1.72. The van der Waals surface area contributed by atoms with Gasteiger partial charge in [-0.15, -0.1) is 5.10 Å². The van der Waals surface area contributed by atoms with E-state index in [0.717, 1.165) is 0 Å². The highest BCUT2D eigenvalue weighted by Crippen LogP contribution is 2.15. The van der Waals surface area contributed by atoms with Crippen LogP contribution in [-0.2, 0) is 0 Å². The van der Waals surface area contributed by atoms with E-state index in [4.69, 9.17) is 11.6 Å². The van der Waals surface area contributed by atoms with Crippen LogP contribution in [0.25, 0.3) is 0 Å². The molecule has 0 bridgehead atoms. The van der Waals surface area contributed by atoms with E-state index in [1.807, 2.05) is 0 Å². The first-order chi connectivity index (χ1) is 7.58. The number of hydrogen-bond acceptors (Lipinski definition) is 3. The van der Waals surface area contributed by atoms with Gasteiger partial charge in [-0.05, 0) is 13.0 Å². The smallest absolute Gasteiger partial charge is 0.268 e. The first kappa shape index (κ1) is 10.8. The van der Waals surface area contributed by atoms with Gasteiger partial charge in [-0.2, -0.15) is 9.49 Å². The molecule has 7 heteroatoms. The molecule has 0 fully saturated rings. The quantitative estimate of drug-likeness (QED) is 0.865. The lowest BCUT2D eigenvalue weighted by Crippen LogP contribution is -2.20. The molecule has 0 aliphatic carbocycles. The number of rotatable bonds is 2. The zero-order chi connectivity index (χ0) is 11.7. The van der Waals surface area contributed by atoms with Crippen molar-refractivity contribution in [2.24, 2.45) is 0 Å². The van der Waals surface area contributed by atoms with Crippen LogP contribution in [0.1, 0.15) is 18.5 Å². The van der Waals surface area contributed by atoms with Gasteiger partial charge in [0.25, 0.3) is 5.56 Å². The zero-order valence-corrected chi connectivity index (χ0v) is 9.07. The molecule has 1 atom stereocenters. The van der Waals surface area contributed by atoms with Gasteiger partial charge in [0.1, 0.15) is 5.15 Å². The van der Waals surface area contributed by atoms with E-state index in [1.165, 1.54) is 23.0 Å². The minimum atomic E-state index is -0.594. The van der Waals surface area contributed by atoms with Gasteiger partial charge in [0.2, 0.25) is 5.95 Å². The fourth-order valence-corrected chi connectivity index (χ4v) is 1.54. The van der Waals surface area contributed by atoms with Gasteiger partial charge in [-0.3, -0.25) is 9.48 Å². The van der Waals surface area contributed by atoms with E-state index >= 15 is 0 Å². The van der Waals surface area contributed by atoms with Crippen molar-refractivity contribution in [1.29, 1.82) is 0 Å². The molecule has 5 nitrogen and oxygen atoms in total. The van der Waals surface area contributed by atoms with Gasteiger partial charge in [-0.1, -0.05) is 11.6 Å². The van der Waals surface area contributed by atoms with E-state index in [-0.39, 0.29) is 10.7 Å². The highest BCUT2D eigenvalue weighted by Gasteiger charge is 2.14. The summed E-state index contributed by atoms with van der Waals surface area (Å²) in [6.07, 6.45) is 1.45. The summed E-state index contributed by atoms with van der Waals surface area (Å²) in [5.41, 5.74) is 0.0101. The van der Waals surface area contributed by atoms with E-state index in [9.17, 15) is 9.18 Å². The minimum absolute atomic E-state index is 0.175. The van der Waals surface area contributed by atoms with Crippen LogP contribution >= 0.6 is 11.6 Å². The van der Waals surface area contributed by atoms with Crippen molar-refractivity contribution in [3.05, 3.63) is 45.3 Å². The van der Waals surface area contributed by atoms with Gasteiger partial charge >= 0.3 is 0 Å². The third kappa shape index (κ3) is 1.96. The minimum Gasteiger partial charge on any atom is -0.268 e. The molecular weight excluding hydrogens is 235 g/mol. The maximum atomic E-state index is 12.7. The van der Waals surface area contributed by atoms with Crippen LogP contribution in [0, 0.1) is 5.95 Å². The van der Waals surface area contributed by atoms with Crippen LogP contribution in [0.15, 0.2) is 23.1 Å². The van der Waals surface area contributed by atoms with E-state index in [2.05, 4.69) is 15.3 Å². The fourth-order valence-electron chi connectivity index (χ4n) is 1.38. The molecule has 84 valence electrons. The normalized spacial score (nSPS) is 12.7. The Hall–Kier alpha value is -1.69. The molecule has 0 spiro atoms. The predicted octanol–water partition coefficient (Wildman–Crippen LogP) is 1.37. The Balaban J connectivity index is 2.44. The van der Waals surface area contributed by atoms with Gasteiger partial charge in [-0.25, -0.2) is 5.10 Å². The van der Waals surface area contributed by atoms with Gasteiger partial charge < -0.3 is 0 Å². The molecule has 1 N–H and O–H groups in total. The molecule has 0 saturated heterocycles. The van der Waals surface area contributed by atoms with Gasteiger partial charge in [0, 0.05) is 17.8 Å². The van der Waals surface area contributed by atoms with Crippen LogP contribution in [0.3, 0.4) is 0 Å². The lowest BCUT2D eigenvalue weighted by Gasteiger charge is -2.10. The van der Waals surface area contributed by atoms with E-state index in [0.29, 0.717) is 5.56 Å². The molecule has 1 unspecified atom stereocenters. The molecule has 0 saturated carbocycles. The second kappa shape index (κ2) is 4.05. The second-order valence-electron chi connectivity index (χ2n) is 3.27. The Morgan fingerprint density at radius 2 is 2.38 bits per heavy atom. The highest BCUT2D eigenvalue weighted by molar-refractivity contribution is 6.29. The van der Waals surface area contributed by atoms with Crippen LogP contribution < -0.4 is 5.56 Å². The fraction of sp³-hybridized carbons (Fsp3) is 0.222. The molecule has 0 radical (unpaired) electrons. The van der Waals surface area contributed by atoms with Gasteiger partial charge in [0.15, 0.2) is 0 Å². The standard InChI is InChI=1S/C9H8ClFN4O/c1-5(15-3-2-8(11)14-15)6-4-7(10)12-13-9(6)16/h2-5H,1H3,(H,13,16). The Labute approximate surface area is 94.9 Å². The molecule has 0 aliphatic rings. The van der Waals surface area contributed by atoms with Crippen molar-refractivity contribution in [3.63, 3.8) is 0 Å². The molecule has 0 amide bonds. The van der Waals surface area contributed by atoms with Crippen molar-refractivity contribution in [3.8, 4) is 0 Å². The van der Waals surface area contributed by atoms with Crippen LogP contribution in [0.5, 0.6) is 0 Å². The zero-order valence-electron chi connectivity index (χ0n) is 8.32. The van der Waals surface area contributed by atoms with Crippen LogP contribution in [-0.4, -0.2) is 20.0 Å². The van der Waals surface area contributed by atoms with Crippen LogP contribution in [0.4, 0.5) is 4.39 Å². The summed E-state index contributed by atoms with van der Waals surface area (Å²) in [5.74, 6) is -0.594. The van der Waals surface area contributed by atoms with Crippen molar-refractivity contribution in [1.82, 2.24) is 20.0 Å². The number of hydrogen-bond donors (Lipinski definition) is 1. The lowest BCUT2D eigenvalue weighted by molar-refractivity contribution is 0.496. The molecule has 2 aromatic heterocycles. The third-order valence-electron chi connectivity index (χ3n) is 2.22. The van der Waals surface area contributed by atoms with Crippen molar-refractivity contribution < 1.29 is 4.39 Å². The molecular formula is C9H8ClFN4O. The van der Waals surface area contributed by atoms with Crippen molar-refractivity contribution >= 4 is 11.6 Å². The van der Waals surface area contributed by atoms with Crippen LogP contribution in [0.2, 0.25) is 5.15 Å². The first-order valence-corrected chi connectivity index (χ1v) is 4.91. The largest absolute Gasteiger partial charge is 0.269 e. The maximum Gasteiger partial charge on any atom is 0.269 e. The molecule has 0 aliphatic heterocycles. The number of aromatic amines is 1. The lowest BCUT2D eigenvalue weighted by atomic mass is 10.1. The summed E-state index contributed by atoms with van der Waals surface area (Å²) in [5, 5.41) is 9.56. The van der Waals surface area contributed by atoms with Gasteiger partial charge in [0.05, 0.1) is 6.04 Å². The molecule has 2 aromatic rings. The Bertz CT molecular complexity index is 565. The monoisotopic (exact) mass is 242 g/mol. The number of H-pyrrole nitrogens is 1. The number of aromatic nitrogens is 4. The Kier molecular flexibility index (Phi) is 2.74. The Morgan fingerprint density at radius 1 is 1.62 bits per heavy atom. The second-order valence-corrected chi connectivity index (χ2v) is 3.66. The average molecular weight is 243 g/mol. The summed E-state index contributed by atoms with van der Waals surface area (Å²) >= 11 is 5.67. The van der Waals surface area contributed by atoms with Crippen molar-refractivity contribution in [2.75, 3.05) is 0 Å². The molecule has 16 heavy (non-hydrogen) atoms. The SMILES string of the molecule is CC(c1cc(Cl)n[nH]c1=O)n1ccc(F)n1. The topological polar surface area (TPSA) is 63.6 Å². The summed E-state index contributed by atoms with van der Waals surface area (Å²) in [6, 6.07) is 2.24. The number of nitrogens with one attached hydrogen (secondary N) is 1. The number of nitrogens with zero attached hydrogens (tertiary/aromatic N) is 3. The summed E-state index contributed by atoms with van der Waals surface area (Å²) in [7, 11) is 0. The third-order valence-corrected chi connectivity index (χ3v) is 2.42. The highest BCUT2D eigenvalue weighted by atomic mass is 35.5. The molecule has 2 rings (SSSR count). The summed E-state index contributed by atoms with van der Waals surface area (Å²) < 4.78 is 14.1. The number of halogens is 2. The van der Waals surface area contributed by atoms with Crippen molar-refractivity contribution in [2.45, 2.75) is 13.0 Å². The average Bonchev–Trinajstić information content (AvgIpc) is 2.67. The summed E-state index contributed by atoms with van der Waals surface area (Å²) in [4.78, 5) is 11.5. The Morgan fingerprint density at radius 3 is 3.00 bits per heavy atom. The maximum absolute atomic E-state index is 12.7. The van der Waals surface area contributed by atoms with E-state index in [1.54, 1.807) is 6.92 Å². The molecule has 2 heterocycles. The first-order valence-electron chi connectivity index (χ1n) is 4.53. The van der Waals surface area contributed by atoms with E-state index < -0.39 is 12.0 Å².